The van der Waals surface area contributed by atoms with Crippen LogP contribution in [0, 0.1) is 5.82 Å². The van der Waals surface area contributed by atoms with Crippen molar-refractivity contribution in [3.63, 3.8) is 0 Å². The van der Waals surface area contributed by atoms with Crippen LogP contribution < -0.4 is 5.32 Å². The second-order valence-corrected chi connectivity index (χ2v) is 3.86. The smallest absolute Gasteiger partial charge is 0.123 e. The van der Waals surface area contributed by atoms with E-state index in [0.717, 1.165) is 11.3 Å². The van der Waals surface area contributed by atoms with E-state index in [-0.39, 0.29) is 5.82 Å². The number of hydrogen-bond donors (Lipinski definition) is 1. The molecule has 0 fully saturated rings. The van der Waals surface area contributed by atoms with Crippen molar-refractivity contribution in [1.29, 1.82) is 0 Å². The highest BCUT2D eigenvalue weighted by Gasteiger charge is 2.01. The number of anilines is 1. The minimum Gasteiger partial charge on any atom is -0.381 e. The zero-order valence-electron chi connectivity index (χ0n) is 8.58. The van der Waals surface area contributed by atoms with Crippen molar-refractivity contribution in [3.05, 3.63) is 64.9 Å². The van der Waals surface area contributed by atoms with E-state index in [1.165, 1.54) is 12.1 Å². The summed E-state index contributed by atoms with van der Waals surface area (Å²) < 4.78 is 13.0. The summed E-state index contributed by atoms with van der Waals surface area (Å²) in [6, 6.07) is 14.1. The lowest BCUT2D eigenvalue weighted by molar-refractivity contribution is 0.626. The molecule has 0 aliphatic heterocycles. The van der Waals surface area contributed by atoms with Crippen LogP contribution in [0.2, 0.25) is 5.02 Å². The molecule has 0 unspecified atom stereocenters. The Morgan fingerprint density at radius 3 is 2.56 bits per heavy atom. The number of hydrogen-bond acceptors (Lipinski definition) is 1. The van der Waals surface area contributed by atoms with Gasteiger partial charge in [-0.25, -0.2) is 4.39 Å². The first-order chi connectivity index (χ1) is 7.75. The SMILES string of the molecule is Fc1ccc(Cl)c(CNc2ccccc2)c1. The average Bonchev–Trinajstić information content (AvgIpc) is 2.32. The summed E-state index contributed by atoms with van der Waals surface area (Å²) in [5, 5.41) is 3.75. The van der Waals surface area contributed by atoms with Gasteiger partial charge in [-0.2, -0.15) is 0 Å². The number of rotatable bonds is 3. The molecule has 0 atom stereocenters. The highest BCUT2D eigenvalue weighted by Crippen LogP contribution is 2.18. The van der Waals surface area contributed by atoms with Crippen LogP contribution in [-0.4, -0.2) is 0 Å². The van der Waals surface area contributed by atoms with Crippen LogP contribution in [0.1, 0.15) is 5.56 Å². The molecule has 0 saturated heterocycles. The van der Waals surface area contributed by atoms with Crippen LogP contribution >= 0.6 is 11.6 Å². The van der Waals surface area contributed by atoms with Crippen molar-refractivity contribution in [3.8, 4) is 0 Å². The highest BCUT2D eigenvalue weighted by molar-refractivity contribution is 6.31. The van der Waals surface area contributed by atoms with E-state index in [1.807, 2.05) is 30.3 Å². The largest absolute Gasteiger partial charge is 0.381 e. The number of halogens is 2. The fourth-order valence-corrected chi connectivity index (χ4v) is 1.62. The van der Waals surface area contributed by atoms with Gasteiger partial charge in [-0.1, -0.05) is 29.8 Å². The summed E-state index contributed by atoms with van der Waals surface area (Å²) in [5.74, 6) is -0.269. The Bertz CT molecular complexity index is 471. The monoisotopic (exact) mass is 235 g/mol. The standard InChI is InChI=1S/C13H11ClFN/c14-13-7-6-11(15)8-10(13)9-16-12-4-2-1-3-5-12/h1-8,16H,9H2. The molecular weight excluding hydrogens is 225 g/mol. The van der Waals surface area contributed by atoms with E-state index in [1.54, 1.807) is 6.07 Å². The van der Waals surface area contributed by atoms with Crippen LogP contribution in [0.5, 0.6) is 0 Å². The topological polar surface area (TPSA) is 12.0 Å². The molecule has 2 aromatic carbocycles. The fraction of sp³-hybridized carbons (Fsp3) is 0.0769. The first-order valence-corrected chi connectivity index (χ1v) is 5.36. The molecule has 0 heterocycles. The lowest BCUT2D eigenvalue weighted by Gasteiger charge is -2.07. The van der Waals surface area contributed by atoms with E-state index in [0.29, 0.717) is 11.6 Å². The van der Waals surface area contributed by atoms with Gasteiger partial charge in [0.1, 0.15) is 5.82 Å². The predicted molar refractivity (Wildman–Crippen MR) is 65.2 cm³/mol. The predicted octanol–water partition coefficient (Wildman–Crippen LogP) is 4.09. The van der Waals surface area contributed by atoms with Gasteiger partial charge in [-0.15, -0.1) is 0 Å². The van der Waals surface area contributed by atoms with E-state index >= 15 is 0 Å². The van der Waals surface area contributed by atoms with Gasteiger partial charge in [0.15, 0.2) is 0 Å². The van der Waals surface area contributed by atoms with Crippen molar-refractivity contribution in [2.24, 2.45) is 0 Å². The van der Waals surface area contributed by atoms with Crippen molar-refractivity contribution in [2.75, 3.05) is 5.32 Å². The Labute approximate surface area is 98.9 Å². The first kappa shape index (κ1) is 11.0. The lowest BCUT2D eigenvalue weighted by atomic mass is 10.2. The minimum absolute atomic E-state index is 0.269. The average molecular weight is 236 g/mol. The van der Waals surface area contributed by atoms with E-state index < -0.39 is 0 Å². The summed E-state index contributed by atoms with van der Waals surface area (Å²) >= 11 is 5.96. The third kappa shape index (κ3) is 2.74. The van der Waals surface area contributed by atoms with Gasteiger partial charge in [0.25, 0.3) is 0 Å². The quantitative estimate of drug-likeness (QED) is 0.845. The second-order valence-electron chi connectivity index (χ2n) is 3.46. The third-order valence-electron chi connectivity index (χ3n) is 2.26. The molecule has 0 aromatic heterocycles. The molecule has 82 valence electrons. The minimum atomic E-state index is -0.269. The lowest BCUT2D eigenvalue weighted by Crippen LogP contribution is -2.00. The maximum absolute atomic E-state index is 13.0. The van der Waals surface area contributed by atoms with Gasteiger partial charge in [-0.3, -0.25) is 0 Å². The fourth-order valence-electron chi connectivity index (χ4n) is 1.43. The second kappa shape index (κ2) is 4.99. The molecule has 1 N–H and O–H groups in total. The highest BCUT2D eigenvalue weighted by atomic mass is 35.5. The van der Waals surface area contributed by atoms with Gasteiger partial charge >= 0.3 is 0 Å². The summed E-state index contributed by atoms with van der Waals surface area (Å²) in [7, 11) is 0. The molecule has 0 radical (unpaired) electrons. The van der Waals surface area contributed by atoms with E-state index in [4.69, 9.17) is 11.6 Å². The molecule has 0 saturated carbocycles. The molecule has 0 amide bonds. The molecule has 1 nitrogen and oxygen atoms in total. The number of para-hydroxylation sites is 1. The summed E-state index contributed by atoms with van der Waals surface area (Å²) in [4.78, 5) is 0. The Hall–Kier alpha value is -1.54. The zero-order valence-corrected chi connectivity index (χ0v) is 9.34. The van der Waals surface area contributed by atoms with Crippen LogP contribution in [0.4, 0.5) is 10.1 Å². The molecular formula is C13H11ClFN. The van der Waals surface area contributed by atoms with Gasteiger partial charge in [0.2, 0.25) is 0 Å². The van der Waals surface area contributed by atoms with Crippen LogP contribution in [-0.2, 0) is 6.54 Å². The van der Waals surface area contributed by atoms with Crippen LogP contribution in [0.3, 0.4) is 0 Å². The van der Waals surface area contributed by atoms with Gasteiger partial charge in [-0.05, 0) is 35.9 Å². The number of benzene rings is 2. The normalized spacial score (nSPS) is 10.1. The molecule has 3 heteroatoms. The molecule has 0 spiro atoms. The van der Waals surface area contributed by atoms with E-state index in [9.17, 15) is 4.39 Å². The Kier molecular flexibility index (Phi) is 3.42. The Morgan fingerprint density at radius 1 is 1.06 bits per heavy atom. The number of nitrogens with one attached hydrogen (secondary N) is 1. The third-order valence-corrected chi connectivity index (χ3v) is 2.63. The summed E-state index contributed by atoms with van der Waals surface area (Å²) in [6.07, 6.45) is 0. The van der Waals surface area contributed by atoms with Gasteiger partial charge in [0, 0.05) is 17.3 Å². The Morgan fingerprint density at radius 2 is 1.81 bits per heavy atom. The molecule has 0 bridgehead atoms. The molecule has 16 heavy (non-hydrogen) atoms. The molecule has 2 aromatic rings. The maximum atomic E-state index is 13.0. The van der Waals surface area contributed by atoms with Crippen molar-refractivity contribution < 1.29 is 4.39 Å². The summed E-state index contributed by atoms with van der Waals surface area (Å²) in [5.41, 5.74) is 1.74. The van der Waals surface area contributed by atoms with Crippen molar-refractivity contribution in [2.45, 2.75) is 6.54 Å². The zero-order chi connectivity index (χ0) is 11.4. The first-order valence-electron chi connectivity index (χ1n) is 4.98. The maximum Gasteiger partial charge on any atom is 0.123 e. The van der Waals surface area contributed by atoms with Crippen LogP contribution in [0.25, 0.3) is 0 Å². The van der Waals surface area contributed by atoms with Crippen LogP contribution in [0.15, 0.2) is 48.5 Å². The van der Waals surface area contributed by atoms with Crippen molar-refractivity contribution in [1.82, 2.24) is 0 Å². The molecule has 2 rings (SSSR count). The van der Waals surface area contributed by atoms with E-state index in [2.05, 4.69) is 5.32 Å². The molecule has 0 aliphatic carbocycles. The Balaban J connectivity index is 2.08. The van der Waals surface area contributed by atoms with Gasteiger partial charge < -0.3 is 5.32 Å². The van der Waals surface area contributed by atoms with Gasteiger partial charge in [0.05, 0.1) is 0 Å². The molecule has 0 aliphatic rings. The summed E-state index contributed by atoms with van der Waals surface area (Å²) in [6.45, 7) is 0.514. The van der Waals surface area contributed by atoms with Crippen molar-refractivity contribution >= 4 is 17.3 Å².